The molecule has 0 spiro atoms. The molecule has 0 atom stereocenters. The molecule has 0 aliphatic carbocycles. The molecule has 2 heterocycles. The summed E-state index contributed by atoms with van der Waals surface area (Å²) in [4.78, 5) is 20.9. The number of imidazole rings is 1. The first-order valence-electron chi connectivity index (χ1n) is 7.00. The van der Waals surface area contributed by atoms with Crippen molar-refractivity contribution < 1.29 is 4.79 Å². The lowest BCUT2D eigenvalue weighted by atomic mass is 10.2. The first-order chi connectivity index (χ1) is 11.1. The molecule has 118 valence electrons. The van der Waals surface area contributed by atoms with Gasteiger partial charge in [0.2, 0.25) is 0 Å². The summed E-state index contributed by atoms with van der Waals surface area (Å²) in [6, 6.07) is 7.46. The van der Waals surface area contributed by atoms with Crippen LogP contribution in [0.3, 0.4) is 0 Å². The predicted octanol–water partition coefficient (Wildman–Crippen LogP) is 1.98. The van der Waals surface area contributed by atoms with Gasteiger partial charge < -0.3 is 9.88 Å². The molecule has 1 N–H and O–H groups in total. The van der Waals surface area contributed by atoms with Gasteiger partial charge in [0, 0.05) is 24.5 Å². The van der Waals surface area contributed by atoms with E-state index < -0.39 is 0 Å². The van der Waals surface area contributed by atoms with Gasteiger partial charge in [-0.25, -0.2) is 9.67 Å². The molecule has 23 heavy (non-hydrogen) atoms. The number of rotatable bonds is 5. The van der Waals surface area contributed by atoms with Crippen molar-refractivity contribution in [3.63, 3.8) is 0 Å². The molecule has 8 heteroatoms. The zero-order chi connectivity index (χ0) is 16.2. The molecule has 2 aromatic heterocycles. The van der Waals surface area contributed by atoms with E-state index in [-0.39, 0.29) is 5.91 Å². The van der Waals surface area contributed by atoms with E-state index in [0.717, 1.165) is 11.4 Å². The summed E-state index contributed by atoms with van der Waals surface area (Å²) in [5.74, 6) is 0.512. The van der Waals surface area contributed by atoms with Crippen molar-refractivity contribution in [2.45, 2.75) is 13.1 Å². The van der Waals surface area contributed by atoms with Gasteiger partial charge in [-0.3, -0.25) is 4.79 Å². The average Bonchev–Trinajstić information content (AvgIpc) is 3.20. The van der Waals surface area contributed by atoms with Gasteiger partial charge in [-0.1, -0.05) is 28.9 Å². The third kappa shape index (κ3) is 3.75. The number of hydrogen-bond acceptors (Lipinski definition) is 4. The van der Waals surface area contributed by atoms with E-state index in [2.05, 4.69) is 20.3 Å². The maximum atomic E-state index is 12.3. The number of aromatic amines is 1. The van der Waals surface area contributed by atoms with Crippen molar-refractivity contribution in [1.82, 2.24) is 29.9 Å². The van der Waals surface area contributed by atoms with Gasteiger partial charge in [-0.05, 0) is 17.7 Å². The standard InChI is InChI=1S/C15H15ClN6O/c1-21(10-14-17-6-7-18-14)15(23)13-9-22(20-19-13)8-11-2-4-12(16)5-3-11/h2-7,9H,8,10H2,1H3,(H,17,18). The van der Waals surface area contributed by atoms with E-state index in [1.165, 1.54) is 4.90 Å². The molecule has 0 aliphatic heterocycles. The largest absolute Gasteiger partial charge is 0.347 e. The van der Waals surface area contributed by atoms with Gasteiger partial charge in [0.25, 0.3) is 5.91 Å². The van der Waals surface area contributed by atoms with Crippen LogP contribution in [0.25, 0.3) is 0 Å². The summed E-state index contributed by atoms with van der Waals surface area (Å²) in [5, 5.41) is 8.63. The van der Waals surface area contributed by atoms with Crippen LogP contribution in [0, 0.1) is 0 Å². The second kappa shape index (κ2) is 6.62. The Bertz CT molecular complexity index is 781. The molecule has 1 amide bonds. The van der Waals surface area contributed by atoms with Crippen LogP contribution in [0.15, 0.2) is 42.9 Å². The number of nitrogens with zero attached hydrogens (tertiary/aromatic N) is 5. The molecule has 3 rings (SSSR count). The fourth-order valence-electron chi connectivity index (χ4n) is 2.13. The van der Waals surface area contributed by atoms with E-state index in [1.807, 2.05) is 24.3 Å². The number of H-pyrrole nitrogens is 1. The van der Waals surface area contributed by atoms with Gasteiger partial charge in [-0.15, -0.1) is 5.10 Å². The fourth-order valence-corrected chi connectivity index (χ4v) is 2.25. The number of amides is 1. The lowest BCUT2D eigenvalue weighted by molar-refractivity contribution is 0.0776. The quantitative estimate of drug-likeness (QED) is 0.775. The van der Waals surface area contributed by atoms with E-state index in [4.69, 9.17) is 11.6 Å². The minimum atomic E-state index is -0.205. The van der Waals surface area contributed by atoms with E-state index in [0.29, 0.717) is 23.8 Å². The van der Waals surface area contributed by atoms with Crippen LogP contribution < -0.4 is 0 Å². The third-order valence-corrected chi connectivity index (χ3v) is 3.56. The summed E-state index contributed by atoms with van der Waals surface area (Å²) in [7, 11) is 1.70. The van der Waals surface area contributed by atoms with Gasteiger partial charge in [0.1, 0.15) is 5.82 Å². The normalized spacial score (nSPS) is 10.7. The number of halogens is 1. The number of carbonyl (C=O) groups excluding carboxylic acids is 1. The first kappa shape index (κ1) is 15.2. The summed E-state index contributed by atoms with van der Waals surface area (Å²) in [6.07, 6.45) is 5.00. The Hall–Kier alpha value is -2.67. The lowest BCUT2D eigenvalue weighted by Gasteiger charge is -2.13. The Morgan fingerprint density at radius 1 is 1.35 bits per heavy atom. The number of carbonyl (C=O) groups is 1. The van der Waals surface area contributed by atoms with Crippen LogP contribution in [0.1, 0.15) is 21.9 Å². The maximum absolute atomic E-state index is 12.3. The van der Waals surface area contributed by atoms with Crippen LogP contribution in [0.2, 0.25) is 5.02 Å². The SMILES string of the molecule is CN(Cc1ncc[nH]1)C(=O)c1cn(Cc2ccc(Cl)cc2)nn1. The Labute approximate surface area is 137 Å². The van der Waals surface area contributed by atoms with Crippen LogP contribution in [-0.2, 0) is 13.1 Å². The van der Waals surface area contributed by atoms with Crippen molar-refractivity contribution in [1.29, 1.82) is 0 Å². The molecule has 0 radical (unpaired) electrons. The minimum absolute atomic E-state index is 0.205. The van der Waals surface area contributed by atoms with Gasteiger partial charge in [-0.2, -0.15) is 0 Å². The smallest absolute Gasteiger partial charge is 0.276 e. The van der Waals surface area contributed by atoms with Crippen LogP contribution in [0.4, 0.5) is 0 Å². The van der Waals surface area contributed by atoms with Crippen LogP contribution >= 0.6 is 11.6 Å². The van der Waals surface area contributed by atoms with Crippen molar-refractivity contribution in [3.8, 4) is 0 Å². The molecule has 0 saturated carbocycles. The summed E-state index contributed by atoms with van der Waals surface area (Å²) >= 11 is 5.86. The number of aromatic nitrogens is 5. The molecule has 0 unspecified atom stereocenters. The zero-order valence-electron chi connectivity index (χ0n) is 12.5. The summed E-state index contributed by atoms with van der Waals surface area (Å²) in [5.41, 5.74) is 1.33. The molecule has 0 saturated heterocycles. The summed E-state index contributed by atoms with van der Waals surface area (Å²) < 4.78 is 1.62. The second-order valence-corrected chi connectivity index (χ2v) is 5.56. The molecular weight excluding hydrogens is 316 g/mol. The maximum Gasteiger partial charge on any atom is 0.276 e. The highest BCUT2D eigenvalue weighted by molar-refractivity contribution is 6.30. The van der Waals surface area contributed by atoms with E-state index >= 15 is 0 Å². The zero-order valence-corrected chi connectivity index (χ0v) is 13.2. The number of hydrogen-bond donors (Lipinski definition) is 1. The van der Waals surface area contributed by atoms with Gasteiger partial charge in [0.05, 0.1) is 19.3 Å². The van der Waals surface area contributed by atoms with Crippen molar-refractivity contribution in [2.75, 3.05) is 7.05 Å². The molecule has 0 aliphatic rings. The molecule has 0 fully saturated rings. The molecule has 3 aromatic rings. The fraction of sp³-hybridized carbons (Fsp3) is 0.200. The van der Waals surface area contributed by atoms with Crippen LogP contribution in [0.5, 0.6) is 0 Å². The minimum Gasteiger partial charge on any atom is -0.347 e. The van der Waals surface area contributed by atoms with E-state index in [9.17, 15) is 4.79 Å². The van der Waals surface area contributed by atoms with Crippen molar-refractivity contribution >= 4 is 17.5 Å². The molecule has 1 aromatic carbocycles. The second-order valence-electron chi connectivity index (χ2n) is 5.12. The molecule has 7 nitrogen and oxygen atoms in total. The van der Waals surface area contributed by atoms with Gasteiger partial charge in [0.15, 0.2) is 5.69 Å². The van der Waals surface area contributed by atoms with Crippen molar-refractivity contribution in [2.24, 2.45) is 0 Å². The first-order valence-corrected chi connectivity index (χ1v) is 7.38. The Balaban J connectivity index is 1.66. The summed E-state index contributed by atoms with van der Waals surface area (Å²) in [6.45, 7) is 0.912. The third-order valence-electron chi connectivity index (χ3n) is 3.30. The highest BCUT2D eigenvalue weighted by Gasteiger charge is 2.16. The monoisotopic (exact) mass is 330 g/mol. The highest BCUT2D eigenvalue weighted by Crippen LogP contribution is 2.11. The van der Waals surface area contributed by atoms with Crippen LogP contribution in [-0.4, -0.2) is 42.8 Å². The number of nitrogens with one attached hydrogen (secondary N) is 1. The Morgan fingerprint density at radius 3 is 2.83 bits per heavy atom. The van der Waals surface area contributed by atoms with Crippen molar-refractivity contribution in [3.05, 3.63) is 65.0 Å². The molecule has 0 bridgehead atoms. The molecular formula is C15H15ClN6O. The van der Waals surface area contributed by atoms with E-state index in [1.54, 1.807) is 30.3 Å². The number of benzene rings is 1. The predicted molar refractivity (Wildman–Crippen MR) is 85.0 cm³/mol. The topological polar surface area (TPSA) is 79.7 Å². The Morgan fingerprint density at radius 2 is 2.13 bits per heavy atom. The lowest BCUT2D eigenvalue weighted by Crippen LogP contribution is -2.27. The average molecular weight is 331 g/mol. The Kier molecular flexibility index (Phi) is 4.38. The highest BCUT2D eigenvalue weighted by atomic mass is 35.5. The van der Waals surface area contributed by atoms with Gasteiger partial charge >= 0.3 is 0 Å².